The van der Waals surface area contributed by atoms with Gasteiger partial charge in [-0.2, -0.15) is 0 Å². The Morgan fingerprint density at radius 3 is 2.63 bits per heavy atom. The Labute approximate surface area is 161 Å². The highest BCUT2D eigenvalue weighted by atomic mass is 16.5. The Morgan fingerprint density at radius 2 is 1.89 bits per heavy atom. The van der Waals surface area contributed by atoms with Gasteiger partial charge >= 0.3 is 0 Å². The fourth-order valence-corrected chi connectivity index (χ4v) is 3.99. The van der Waals surface area contributed by atoms with Crippen LogP contribution in [0.5, 0.6) is 5.75 Å². The van der Waals surface area contributed by atoms with Gasteiger partial charge in [0.05, 0.1) is 5.69 Å². The van der Waals surface area contributed by atoms with E-state index in [0.717, 1.165) is 42.2 Å². The molecule has 1 atom stereocenters. The van der Waals surface area contributed by atoms with Crippen molar-refractivity contribution in [3.05, 3.63) is 53.9 Å². The molecule has 27 heavy (non-hydrogen) atoms. The second-order valence-corrected chi connectivity index (χ2v) is 7.65. The topological polar surface area (TPSA) is 29.8 Å². The molecule has 1 aliphatic heterocycles. The molecular weight excluding hydrogens is 334 g/mol. The summed E-state index contributed by atoms with van der Waals surface area (Å²) in [5.41, 5.74) is 5.58. The summed E-state index contributed by atoms with van der Waals surface area (Å²) in [6, 6.07) is 10.6. The first kappa shape index (κ1) is 18.1. The van der Waals surface area contributed by atoms with Crippen molar-refractivity contribution in [1.29, 1.82) is 0 Å². The van der Waals surface area contributed by atoms with Gasteiger partial charge in [-0.3, -0.25) is 4.90 Å². The van der Waals surface area contributed by atoms with E-state index < -0.39 is 0 Å². The van der Waals surface area contributed by atoms with Crippen LogP contribution in [-0.4, -0.2) is 33.6 Å². The predicted molar refractivity (Wildman–Crippen MR) is 110 cm³/mol. The van der Waals surface area contributed by atoms with Gasteiger partial charge in [0.2, 0.25) is 0 Å². The molecule has 0 aliphatic carbocycles. The maximum atomic E-state index is 6.35. The zero-order valence-electron chi connectivity index (χ0n) is 16.6. The van der Waals surface area contributed by atoms with Crippen molar-refractivity contribution < 1.29 is 4.74 Å². The van der Waals surface area contributed by atoms with Gasteiger partial charge in [0.25, 0.3) is 0 Å². The minimum absolute atomic E-state index is 0.175. The Morgan fingerprint density at radius 1 is 1.07 bits per heavy atom. The van der Waals surface area contributed by atoms with Crippen LogP contribution < -0.4 is 4.74 Å². The molecule has 1 aliphatic rings. The van der Waals surface area contributed by atoms with E-state index in [4.69, 9.17) is 9.72 Å². The molecule has 1 unspecified atom stereocenters. The van der Waals surface area contributed by atoms with E-state index in [2.05, 4.69) is 72.8 Å². The Kier molecular flexibility index (Phi) is 5.17. The second-order valence-electron chi connectivity index (χ2n) is 7.65. The molecule has 0 N–H and O–H groups in total. The lowest BCUT2D eigenvalue weighted by molar-refractivity contribution is 0.00980. The minimum atomic E-state index is 0.175. The number of ether oxygens (including phenoxy) is 1. The van der Waals surface area contributed by atoms with Gasteiger partial charge in [-0.1, -0.05) is 13.3 Å². The first-order chi connectivity index (χ1) is 13.1. The number of rotatable bonds is 5. The van der Waals surface area contributed by atoms with E-state index in [1.54, 1.807) is 0 Å². The van der Waals surface area contributed by atoms with Gasteiger partial charge in [-0.25, -0.2) is 4.98 Å². The number of piperidine rings is 1. The van der Waals surface area contributed by atoms with Gasteiger partial charge in [-0.05, 0) is 74.6 Å². The van der Waals surface area contributed by atoms with Crippen LogP contribution in [0.25, 0.3) is 16.9 Å². The van der Waals surface area contributed by atoms with E-state index in [-0.39, 0.29) is 6.23 Å². The third kappa shape index (κ3) is 3.86. The van der Waals surface area contributed by atoms with Gasteiger partial charge < -0.3 is 9.14 Å². The van der Waals surface area contributed by atoms with Crippen LogP contribution in [0.4, 0.5) is 0 Å². The summed E-state index contributed by atoms with van der Waals surface area (Å²) in [6.07, 6.45) is 9.26. The molecular formula is C23H29N3O. The maximum Gasteiger partial charge on any atom is 0.152 e. The Bertz CT molecular complexity index is 925. The highest BCUT2D eigenvalue weighted by Gasteiger charge is 2.20. The molecule has 4 heteroatoms. The van der Waals surface area contributed by atoms with Crippen molar-refractivity contribution in [3.63, 3.8) is 0 Å². The first-order valence-corrected chi connectivity index (χ1v) is 10.1. The average Bonchev–Trinajstić information content (AvgIpc) is 3.09. The number of likely N-dealkylation sites (tertiary alicyclic amines) is 1. The average molecular weight is 364 g/mol. The van der Waals surface area contributed by atoms with Crippen molar-refractivity contribution in [2.45, 2.75) is 52.7 Å². The summed E-state index contributed by atoms with van der Waals surface area (Å²) in [7, 11) is 0. The van der Waals surface area contributed by atoms with E-state index in [9.17, 15) is 0 Å². The predicted octanol–water partition coefficient (Wildman–Crippen LogP) is 5.22. The summed E-state index contributed by atoms with van der Waals surface area (Å²) in [5, 5.41) is 0. The number of hydrogen-bond donors (Lipinski definition) is 0. The highest BCUT2D eigenvalue weighted by molar-refractivity contribution is 5.67. The molecule has 4 rings (SSSR count). The van der Waals surface area contributed by atoms with Crippen molar-refractivity contribution >= 4 is 5.65 Å². The number of nitrogens with zero attached hydrogens (tertiary/aromatic N) is 3. The molecule has 3 aromatic rings. The van der Waals surface area contributed by atoms with Crippen molar-refractivity contribution in [1.82, 2.24) is 14.3 Å². The van der Waals surface area contributed by atoms with Crippen LogP contribution >= 0.6 is 0 Å². The summed E-state index contributed by atoms with van der Waals surface area (Å²) in [6.45, 7) is 8.74. The molecule has 1 fully saturated rings. The van der Waals surface area contributed by atoms with Crippen molar-refractivity contribution in [3.8, 4) is 17.0 Å². The van der Waals surface area contributed by atoms with Crippen molar-refractivity contribution in [2.75, 3.05) is 13.1 Å². The van der Waals surface area contributed by atoms with E-state index in [1.807, 2.05) is 0 Å². The van der Waals surface area contributed by atoms with Crippen molar-refractivity contribution in [2.24, 2.45) is 0 Å². The summed E-state index contributed by atoms with van der Waals surface area (Å²) in [5.74, 6) is 0.952. The maximum absolute atomic E-state index is 6.35. The second kappa shape index (κ2) is 7.73. The molecule has 1 aromatic carbocycles. The van der Waals surface area contributed by atoms with Gasteiger partial charge in [-0.15, -0.1) is 0 Å². The molecule has 3 heterocycles. The molecule has 1 saturated heterocycles. The molecule has 0 radical (unpaired) electrons. The van der Waals surface area contributed by atoms with Crippen LogP contribution in [0.15, 0.2) is 42.7 Å². The summed E-state index contributed by atoms with van der Waals surface area (Å²) < 4.78 is 8.43. The number of fused-ring (bicyclic) bond motifs is 1. The standard InChI is InChI=1S/C23H29N3O/c1-4-23(25-11-6-5-7-12-25)27-19-8-9-20(18(3)15-19)21-16-26-13-10-17(2)14-22(26)24-21/h8-10,13-16,23H,4-7,11-12H2,1-3H3. The zero-order valence-corrected chi connectivity index (χ0v) is 16.6. The third-order valence-electron chi connectivity index (χ3n) is 5.51. The molecule has 0 amide bonds. The van der Waals surface area contributed by atoms with E-state index in [0.29, 0.717) is 0 Å². The van der Waals surface area contributed by atoms with Gasteiger partial charge in [0.15, 0.2) is 6.23 Å². The molecule has 4 nitrogen and oxygen atoms in total. The van der Waals surface area contributed by atoms with Gasteiger partial charge in [0.1, 0.15) is 11.4 Å². The number of pyridine rings is 1. The largest absolute Gasteiger partial charge is 0.475 e. The summed E-state index contributed by atoms with van der Waals surface area (Å²) >= 11 is 0. The molecule has 0 bridgehead atoms. The fourth-order valence-electron chi connectivity index (χ4n) is 3.99. The lowest BCUT2D eigenvalue weighted by Crippen LogP contribution is -2.42. The number of aryl methyl sites for hydroxylation is 2. The van der Waals surface area contributed by atoms with Crippen LogP contribution in [0.3, 0.4) is 0 Å². The number of hydrogen-bond acceptors (Lipinski definition) is 3. The van der Waals surface area contributed by atoms with Gasteiger partial charge in [0, 0.05) is 31.0 Å². The SMILES string of the molecule is CCC(Oc1ccc(-c2cn3ccc(C)cc3n2)c(C)c1)N1CCCCC1. The first-order valence-electron chi connectivity index (χ1n) is 10.1. The lowest BCUT2D eigenvalue weighted by Gasteiger charge is -2.34. The zero-order chi connectivity index (χ0) is 18.8. The lowest BCUT2D eigenvalue weighted by atomic mass is 10.1. The highest BCUT2D eigenvalue weighted by Crippen LogP contribution is 2.28. The number of benzene rings is 1. The normalized spacial score (nSPS) is 16.6. The monoisotopic (exact) mass is 363 g/mol. The van der Waals surface area contributed by atoms with Crippen LogP contribution in [0.1, 0.15) is 43.7 Å². The van der Waals surface area contributed by atoms with E-state index in [1.165, 1.54) is 30.4 Å². The smallest absolute Gasteiger partial charge is 0.152 e. The van der Waals surface area contributed by atoms with Crippen LogP contribution in [-0.2, 0) is 0 Å². The van der Waals surface area contributed by atoms with Crippen LogP contribution in [0.2, 0.25) is 0 Å². The van der Waals surface area contributed by atoms with E-state index >= 15 is 0 Å². The molecule has 2 aromatic heterocycles. The molecule has 0 spiro atoms. The molecule has 142 valence electrons. The number of aromatic nitrogens is 2. The van der Waals surface area contributed by atoms with Crippen LogP contribution in [0, 0.1) is 13.8 Å². The molecule has 0 saturated carbocycles. The fraction of sp³-hybridized carbons (Fsp3) is 0.435. The quantitative estimate of drug-likeness (QED) is 0.622. The third-order valence-corrected chi connectivity index (χ3v) is 5.51. The minimum Gasteiger partial charge on any atom is -0.475 e. The number of imidazole rings is 1. The Balaban J connectivity index is 1.56. The summed E-state index contributed by atoms with van der Waals surface area (Å²) in [4.78, 5) is 7.28. The Hall–Kier alpha value is -2.33.